The number of rotatable bonds is 8. The number of fused-ring (bicyclic) bond motifs is 1. The molecule has 1 aliphatic heterocycles. The number of aromatic nitrogens is 1. The molecule has 166 valence electrons. The molecule has 32 heavy (non-hydrogen) atoms. The van der Waals surface area contributed by atoms with Crippen molar-refractivity contribution in [3.05, 3.63) is 75.7 Å². The molecule has 2 amide bonds. The topological polar surface area (TPSA) is 71.4 Å². The largest absolute Gasteiger partial charge is 0.343 e. The molecular formula is C25H26ClN3O3. The predicted molar refractivity (Wildman–Crippen MR) is 127 cm³/mol. The van der Waals surface area contributed by atoms with Crippen molar-refractivity contribution in [1.29, 1.82) is 0 Å². The van der Waals surface area contributed by atoms with E-state index in [1.54, 1.807) is 22.9 Å². The molecule has 7 heteroatoms. The molecule has 0 unspecified atom stereocenters. The average Bonchev–Trinajstić information content (AvgIpc) is 3.20. The molecule has 1 fully saturated rings. The van der Waals surface area contributed by atoms with Crippen LogP contribution in [-0.4, -0.2) is 34.4 Å². The first-order valence-corrected chi connectivity index (χ1v) is 11.3. The molecule has 4 rings (SSSR count). The Balaban J connectivity index is 1.41. The quantitative estimate of drug-likeness (QED) is 0.556. The highest BCUT2D eigenvalue weighted by molar-refractivity contribution is 6.30. The van der Waals surface area contributed by atoms with E-state index in [4.69, 9.17) is 11.6 Å². The maximum atomic E-state index is 13.0. The summed E-state index contributed by atoms with van der Waals surface area (Å²) in [5.41, 5.74) is 1.59. The van der Waals surface area contributed by atoms with Crippen molar-refractivity contribution in [3.8, 4) is 0 Å². The van der Waals surface area contributed by atoms with Gasteiger partial charge in [0.25, 0.3) is 5.56 Å². The van der Waals surface area contributed by atoms with Gasteiger partial charge in [0.15, 0.2) is 0 Å². The van der Waals surface area contributed by atoms with E-state index in [0.717, 1.165) is 30.3 Å². The molecule has 1 saturated heterocycles. The number of pyridine rings is 1. The lowest BCUT2D eigenvalue weighted by Crippen LogP contribution is -2.28. The zero-order valence-electron chi connectivity index (χ0n) is 17.9. The number of likely N-dealkylation sites (tertiary alicyclic amines) is 1. The van der Waals surface area contributed by atoms with Crippen LogP contribution in [0.3, 0.4) is 0 Å². The lowest BCUT2D eigenvalue weighted by Gasteiger charge is -2.16. The van der Waals surface area contributed by atoms with Crippen molar-refractivity contribution in [3.63, 3.8) is 0 Å². The standard InChI is InChI=1S/C25H26ClN3O3/c26-19-10-7-18(8-11-19)9-12-23(30)27-22-5-1-4-21-20(22)13-17-29(25(21)32)16-3-15-28-14-2-6-24(28)31/h1,4-5,7-8,10-11,13,17H,2-3,6,9,12,14-16H2,(H,27,30). The summed E-state index contributed by atoms with van der Waals surface area (Å²) < 4.78 is 1.68. The van der Waals surface area contributed by atoms with Gasteiger partial charge >= 0.3 is 0 Å². The molecule has 2 aromatic carbocycles. The molecule has 0 atom stereocenters. The summed E-state index contributed by atoms with van der Waals surface area (Å²) in [6, 6.07) is 14.7. The number of carbonyl (C=O) groups excluding carboxylic acids is 2. The Labute approximate surface area is 191 Å². The van der Waals surface area contributed by atoms with Gasteiger partial charge in [-0.05, 0) is 55.2 Å². The number of nitrogens with one attached hydrogen (secondary N) is 1. The Bertz CT molecular complexity index is 1190. The molecule has 0 aliphatic carbocycles. The van der Waals surface area contributed by atoms with E-state index in [1.807, 2.05) is 41.3 Å². The van der Waals surface area contributed by atoms with E-state index in [-0.39, 0.29) is 17.4 Å². The van der Waals surface area contributed by atoms with Crippen LogP contribution in [0.5, 0.6) is 0 Å². The number of amides is 2. The molecule has 6 nitrogen and oxygen atoms in total. The molecule has 0 saturated carbocycles. The third kappa shape index (κ3) is 5.19. The SMILES string of the molecule is O=C(CCc1ccc(Cl)cc1)Nc1cccc2c(=O)n(CCCN3CCCC3=O)ccc12. The fraction of sp³-hybridized carbons (Fsp3) is 0.320. The second-order valence-corrected chi connectivity index (χ2v) is 8.53. The molecular weight excluding hydrogens is 426 g/mol. The highest BCUT2D eigenvalue weighted by Crippen LogP contribution is 2.21. The minimum atomic E-state index is -0.105. The van der Waals surface area contributed by atoms with Crippen molar-refractivity contribution in [2.24, 2.45) is 0 Å². The molecule has 1 aromatic heterocycles. The number of halogens is 1. The maximum Gasteiger partial charge on any atom is 0.258 e. The van der Waals surface area contributed by atoms with E-state index in [1.165, 1.54) is 0 Å². The van der Waals surface area contributed by atoms with Gasteiger partial charge in [-0.3, -0.25) is 14.4 Å². The molecule has 2 heterocycles. The number of hydrogen-bond acceptors (Lipinski definition) is 3. The summed E-state index contributed by atoms with van der Waals surface area (Å²) in [6.45, 7) is 2.04. The fourth-order valence-electron chi connectivity index (χ4n) is 4.10. The highest BCUT2D eigenvalue weighted by Gasteiger charge is 2.19. The first kappa shape index (κ1) is 22.1. The zero-order chi connectivity index (χ0) is 22.5. The van der Waals surface area contributed by atoms with Crippen LogP contribution in [0.1, 0.15) is 31.2 Å². The van der Waals surface area contributed by atoms with E-state index >= 15 is 0 Å². The van der Waals surface area contributed by atoms with Crippen LogP contribution in [0, 0.1) is 0 Å². The summed E-state index contributed by atoms with van der Waals surface area (Å²) >= 11 is 5.90. The van der Waals surface area contributed by atoms with E-state index in [2.05, 4.69) is 5.32 Å². The summed E-state index contributed by atoms with van der Waals surface area (Å²) in [4.78, 5) is 39.1. The Morgan fingerprint density at radius 1 is 1.00 bits per heavy atom. The summed E-state index contributed by atoms with van der Waals surface area (Å²) in [5.74, 6) is 0.0965. The van der Waals surface area contributed by atoms with E-state index < -0.39 is 0 Å². The molecule has 0 spiro atoms. The Morgan fingerprint density at radius 2 is 1.81 bits per heavy atom. The molecule has 3 aromatic rings. The second-order valence-electron chi connectivity index (χ2n) is 8.09. The van der Waals surface area contributed by atoms with Crippen molar-refractivity contribution in [1.82, 2.24) is 9.47 Å². The first-order valence-electron chi connectivity index (χ1n) is 11.0. The smallest absolute Gasteiger partial charge is 0.258 e. The highest BCUT2D eigenvalue weighted by atomic mass is 35.5. The Kier molecular flexibility index (Phi) is 6.90. The summed E-state index contributed by atoms with van der Waals surface area (Å²) in [6.07, 6.45) is 5.00. The van der Waals surface area contributed by atoms with Crippen LogP contribution in [0.2, 0.25) is 5.02 Å². The van der Waals surface area contributed by atoms with Crippen molar-refractivity contribution < 1.29 is 9.59 Å². The van der Waals surface area contributed by atoms with Crippen molar-refractivity contribution >= 4 is 39.9 Å². The molecule has 1 aliphatic rings. The number of carbonyl (C=O) groups is 2. The second kappa shape index (κ2) is 10.0. The lowest BCUT2D eigenvalue weighted by atomic mass is 10.1. The van der Waals surface area contributed by atoms with Crippen molar-refractivity contribution in [2.75, 3.05) is 18.4 Å². The normalized spacial score (nSPS) is 13.7. The number of benzene rings is 2. The third-order valence-corrected chi connectivity index (χ3v) is 6.10. The minimum Gasteiger partial charge on any atom is -0.343 e. The van der Waals surface area contributed by atoms with Crippen LogP contribution in [0.4, 0.5) is 5.69 Å². The van der Waals surface area contributed by atoms with Gasteiger partial charge in [-0.25, -0.2) is 0 Å². The van der Waals surface area contributed by atoms with Gasteiger partial charge in [-0.1, -0.05) is 29.8 Å². The number of nitrogens with zero attached hydrogens (tertiary/aromatic N) is 2. The molecule has 0 bridgehead atoms. The van der Waals surface area contributed by atoms with Crippen LogP contribution in [0.15, 0.2) is 59.5 Å². The number of hydrogen-bond donors (Lipinski definition) is 1. The van der Waals surface area contributed by atoms with Crippen LogP contribution < -0.4 is 10.9 Å². The average molecular weight is 452 g/mol. The Hall–Kier alpha value is -3.12. The minimum absolute atomic E-state index is 0.0903. The summed E-state index contributed by atoms with van der Waals surface area (Å²) in [5, 5.41) is 4.91. The zero-order valence-corrected chi connectivity index (χ0v) is 18.6. The van der Waals surface area contributed by atoms with Gasteiger partial charge in [0.05, 0.1) is 0 Å². The van der Waals surface area contributed by atoms with Gasteiger partial charge < -0.3 is 14.8 Å². The van der Waals surface area contributed by atoms with Gasteiger partial charge in [0.2, 0.25) is 11.8 Å². The maximum absolute atomic E-state index is 13.0. The monoisotopic (exact) mass is 451 g/mol. The molecule has 0 radical (unpaired) electrons. The van der Waals surface area contributed by atoms with Crippen LogP contribution >= 0.6 is 11.6 Å². The number of anilines is 1. The van der Waals surface area contributed by atoms with Gasteiger partial charge in [-0.15, -0.1) is 0 Å². The van der Waals surface area contributed by atoms with Crippen LogP contribution in [-0.2, 0) is 22.6 Å². The fourth-order valence-corrected chi connectivity index (χ4v) is 4.22. The third-order valence-electron chi connectivity index (χ3n) is 5.85. The van der Waals surface area contributed by atoms with Gasteiger partial charge in [0, 0.05) is 60.2 Å². The van der Waals surface area contributed by atoms with E-state index in [9.17, 15) is 14.4 Å². The van der Waals surface area contributed by atoms with Gasteiger partial charge in [-0.2, -0.15) is 0 Å². The summed E-state index contributed by atoms with van der Waals surface area (Å²) in [7, 11) is 0. The number of aryl methyl sites for hydroxylation is 2. The predicted octanol–water partition coefficient (Wildman–Crippen LogP) is 4.24. The van der Waals surface area contributed by atoms with E-state index in [0.29, 0.717) is 48.4 Å². The van der Waals surface area contributed by atoms with Crippen LogP contribution in [0.25, 0.3) is 10.8 Å². The van der Waals surface area contributed by atoms with Gasteiger partial charge in [0.1, 0.15) is 0 Å². The molecule has 1 N–H and O–H groups in total. The Morgan fingerprint density at radius 3 is 2.56 bits per heavy atom. The lowest BCUT2D eigenvalue weighted by molar-refractivity contribution is -0.127. The first-order chi connectivity index (χ1) is 15.5. The van der Waals surface area contributed by atoms with Crippen molar-refractivity contribution in [2.45, 2.75) is 38.6 Å².